The largest absolute Gasteiger partial charge is 0.325 e. The first-order valence-corrected chi connectivity index (χ1v) is 9.12. The lowest BCUT2D eigenvalue weighted by Gasteiger charge is -2.07. The van der Waals surface area contributed by atoms with E-state index in [-0.39, 0.29) is 5.82 Å². The number of aryl methyl sites for hydroxylation is 1. The molecule has 5 rings (SSSR count). The number of nitrogens with zero attached hydrogens (tertiary/aromatic N) is 5. The number of halogens is 1. The van der Waals surface area contributed by atoms with E-state index in [2.05, 4.69) is 40.6 Å². The van der Waals surface area contributed by atoms with Crippen molar-refractivity contribution in [3.8, 4) is 11.4 Å². The summed E-state index contributed by atoms with van der Waals surface area (Å²) in [6, 6.07) is 16.5. The topological polar surface area (TPSA) is 48.0 Å². The number of rotatable bonds is 3. The molecule has 138 valence electrons. The molecule has 0 saturated heterocycles. The molecule has 0 saturated carbocycles. The van der Waals surface area contributed by atoms with E-state index in [0.717, 1.165) is 40.0 Å². The van der Waals surface area contributed by atoms with Crippen molar-refractivity contribution >= 4 is 16.7 Å². The molecule has 0 aliphatic carbocycles. The Morgan fingerprint density at radius 1 is 0.929 bits per heavy atom. The monoisotopic (exact) mass is 371 g/mol. The second kappa shape index (κ2) is 6.27. The third-order valence-corrected chi connectivity index (χ3v) is 5.23. The average Bonchev–Trinajstić information content (AvgIpc) is 3.24. The summed E-state index contributed by atoms with van der Waals surface area (Å²) in [5, 5.41) is 5.54. The quantitative estimate of drug-likeness (QED) is 0.467. The molecule has 0 unspecified atom stereocenters. The molecule has 0 spiro atoms. The summed E-state index contributed by atoms with van der Waals surface area (Å²) in [5.74, 6) is 0.281. The van der Waals surface area contributed by atoms with Gasteiger partial charge in [0, 0.05) is 17.8 Å². The van der Waals surface area contributed by atoms with Crippen LogP contribution in [0.15, 0.2) is 60.9 Å². The molecule has 6 heteroatoms. The molecule has 0 aliphatic rings. The zero-order valence-corrected chi connectivity index (χ0v) is 15.6. The Morgan fingerprint density at radius 3 is 2.43 bits per heavy atom. The van der Waals surface area contributed by atoms with E-state index in [1.165, 1.54) is 17.7 Å². The highest BCUT2D eigenvalue weighted by atomic mass is 19.1. The Balaban J connectivity index is 1.70. The van der Waals surface area contributed by atoms with Crippen molar-refractivity contribution in [2.24, 2.45) is 0 Å². The maximum atomic E-state index is 13.2. The lowest BCUT2D eigenvalue weighted by molar-refractivity contribution is 0.628. The van der Waals surface area contributed by atoms with Gasteiger partial charge in [0.1, 0.15) is 17.8 Å². The SMILES string of the molecule is Cc1c(C)n(Cc2ccccc2)c2ncn3nc(-c4ccc(F)cc4)nc3c12. The highest BCUT2D eigenvalue weighted by Gasteiger charge is 2.18. The van der Waals surface area contributed by atoms with Crippen molar-refractivity contribution in [1.82, 2.24) is 24.1 Å². The summed E-state index contributed by atoms with van der Waals surface area (Å²) in [7, 11) is 0. The van der Waals surface area contributed by atoms with E-state index in [1.54, 1.807) is 23.0 Å². The molecular formula is C22H18FN5. The second-order valence-electron chi connectivity index (χ2n) is 6.94. The van der Waals surface area contributed by atoms with Crippen molar-refractivity contribution in [2.75, 3.05) is 0 Å². The number of aromatic nitrogens is 5. The second-order valence-corrected chi connectivity index (χ2v) is 6.94. The minimum atomic E-state index is -0.277. The number of hydrogen-bond acceptors (Lipinski definition) is 3. The van der Waals surface area contributed by atoms with E-state index >= 15 is 0 Å². The maximum Gasteiger partial charge on any atom is 0.182 e. The number of hydrogen-bond donors (Lipinski definition) is 0. The first kappa shape index (κ1) is 16.6. The van der Waals surface area contributed by atoms with Gasteiger partial charge in [-0.25, -0.2) is 18.9 Å². The van der Waals surface area contributed by atoms with Crippen LogP contribution in [-0.4, -0.2) is 24.1 Å². The zero-order chi connectivity index (χ0) is 19.3. The predicted molar refractivity (Wildman–Crippen MR) is 107 cm³/mol. The lowest BCUT2D eigenvalue weighted by Crippen LogP contribution is -2.03. The van der Waals surface area contributed by atoms with Crippen molar-refractivity contribution in [3.05, 3.63) is 83.6 Å². The molecule has 3 heterocycles. The minimum absolute atomic E-state index is 0.277. The molecule has 0 bridgehead atoms. The molecule has 0 fully saturated rings. The molecule has 2 aromatic carbocycles. The van der Waals surface area contributed by atoms with Crippen molar-refractivity contribution in [1.29, 1.82) is 0 Å². The Bertz CT molecular complexity index is 1300. The van der Waals surface area contributed by atoms with Gasteiger partial charge in [-0.15, -0.1) is 5.10 Å². The van der Waals surface area contributed by atoms with Crippen LogP contribution in [0.5, 0.6) is 0 Å². The molecule has 0 aliphatic heterocycles. The molecule has 5 aromatic rings. The smallest absolute Gasteiger partial charge is 0.182 e. The van der Waals surface area contributed by atoms with Gasteiger partial charge in [-0.3, -0.25) is 0 Å². The first-order valence-electron chi connectivity index (χ1n) is 9.12. The Labute approximate surface area is 161 Å². The van der Waals surface area contributed by atoms with E-state index in [9.17, 15) is 4.39 Å². The summed E-state index contributed by atoms with van der Waals surface area (Å²) in [4.78, 5) is 9.41. The van der Waals surface area contributed by atoms with E-state index in [4.69, 9.17) is 4.98 Å². The Hall–Kier alpha value is -3.54. The molecule has 0 N–H and O–H groups in total. The fourth-order valence-corrected chi connectivity index (χ4v) is 3.61. The van der Waals surface area contributed by atoms with Gasteiger partial charge in [-0.1, -0.05) is 30.3 Å². The predicted octanol–water partition coefficient (Wildman–Crippen LogP) is 4.55. The van der Waals surface area contributed by atoms with E-state index in [1.807, 2.05) is 18.2 Å². The van der Waals surface area contributed by atoms with Crippen LogP contribution < -0.4 is 0 Å². The highest BCUT2D eigenvalue weighted by molar-refractivity contribution is 5.94. The summed E-state index contributed by atoms with van der Waals surface area (Å²) in [6.07, 6.45) is 1.69. The van der Waals surface area contributed by atoms with Crippen LogP contribution in [0, 0.1) is 19.7 Å². The van der Waals surface area contributed by atoms with Gasteiger partial charge < -0.3 is 4.57 Å². The van der Waals surface area contributed by atoms with Crippen LogP contribution >= 0.6 is 0 Å². The number of fused-ring (bicyclic) bond motifs is 3. The van der Waals surface area contributed by atoms with Crippen molar-refractivity contribution in [2.45, 2.75) is 20.4 Å². The fraction of sp³-hybridized carbons (Fsp3) is 0.136. The molecule has 0 amide bonds. The van der Waals surface area contributed by atoms with Crippen LogP contribution in [-0.2, 0) is 6.54 Å². The van der Waals surface area contributed by atoms with Crippen molar-refractivity contribution < 1.29 is 4.39 Å². The van der Waals surface area contributed by atoms with Gasteiger partial charge in [0.25, 0.3) is 0 Å². The lowest BCUT2D eigenvalue weighted by atomic mass is 10.2. The van der Waals surface area contributed by atoms with Crippen LogP contribution in [0.3, 0.4) is 0 Å². The van der Waals surface area contributed by atoms with Gasteiger partial charge in [0.2, 0.25) is 0 Å². The van der Waals surface area contributed by atoms with Gasteiger partial charge in [0.15, 0.2) is 11.5 Å². The molecule has 3 aromatic heterocycles. The third-order valence-electron chi connectivity index (χ3n) is 5.23. The maximum absolute atomic E-state index is 13.2. The van der Waals surface area contributed by atoms with Crippen LogP contribution in [0.2, 0.25) is 0 Å². The van der Waals surface area contributed by atoms with Gasteiger partial charge >= 0.3 is 0 Å². The summed E-state index contributed by atoms with van der Waals surface area (Å²) >= 11 is 0. The Kier molecular flexibility index (Phi) is 3.72. The normalized spacial score (nSPS) is 11.5. The Morgan fingerprint density at radius 2 is 1.68 bits per heavy atom. The third kappa shape index (κ3) is 2.57. The fourth-order valence-electron chi connectivity index (χ4n) is 3.61. The average molecular weight is 371 g/mol. The summed E-state index contributed by atoms with van der Waals surface area (Å²) in [6.45, 7) is 4.94. The molecule has 28 heavy (non-hydrogen) atoms. The molecular weight excluding hydrogens is 353 g/mol. The van der Waals surface area contributed by atoms with Crippen molar-refractivity contribution in [3.63, 3.8) is 0 Å². The summed E-state index contributed by atoms with van der Waals surface area (Å²) < 4.78 is 17.1. The van der Waals surface area contributed by atoms with Crippen LogP contribution in [0.1, 0.15) is 16.8 Å². The van der Waals surface area contributed by atoms with Gasteiger partial charge in [0.05, 0.1) is 5.39 Å². The van der Waals surface area contributed by atoms with Gasteiger partial charge in [-0.2, -0.15) is 0 Å². The molecule has 0 atom stereocenters. The van der Waals surface area contributed by atoms with E-state index in [0.29, 0.717) is 5.82 Å². The molecule has 5 nitrogen and oxygen atoms in total. The van der Waals surface area contributed by atoms with Crippen LogP contribution in [0.25, 0.3) is 28.1 Å². The standard InChI is InChI=1S/C22H18FN5/c1-14-15(2)27(12-16-6-4-3-5-7-16)21-19(14)22-25-20(26-28(22)13-24-21)17-8-10-18(23)11-9-17/h3-11,13H,12H2,1-2H3. The van der Waals surface area contributed by atoms with Crippen LogP contribution in [0.4, 0.5) is 4.39 Å². The molecule has 0 radical (unpaired) electrons. The minimum Gasteiger partial charge on any atom is -0.325 e. The number of benzene rings is 2. The highest BCUT2D eigenvalue weighted by Crippen LogP contribution is 2.28. The van der Waals surface area contributed by atoms with Gasteiger partial charge in [-0.05, 0) is 49.2 Å². The zero-order valence-electron chi connectivity index (χ0n) is 15.6. The van der Waals surface area contributed by atoms with E-state index < -0.39 is 0 Å². The first-order chi connectivity index (χ1) is 13.6. The summed E-state index contributed by atoms with van der Waals surface area (Å²) in [5.41, 5.74) is 5.95.